The number of carbonyl (C=O) groups is 1. The van der Waals surface area contributed by atoms with Crippen molar-refractivity contribution >= 4 is 42.6 Å². The minimum Gasteiger partial charge on any atom is -0.494 e. The van der Waals surface area contributed by atoms with Crippen molar-refractivity contribution in [3.05, 3.63) is 48.0 Å². The van der Waals surface area contributed by atoms with Gasteiger partial charge in [-0.25, -0.2) is 17.7 Å². The van der Waals surface area contributed by atoms with Crippen molar-refractivity contribution in [2.24, 2.45) is 0 Å². The molecular weight excluding hydrogens is 498 g/mol. The number of anilines is 1. The van der Waals surface area contributed by atoms with Crippen molar-refractivity contribution in [2.45, 2.75) is 50.5 Å². The molecule has 1 aliphatic heterocycles. The van der Waals surface area contributed by atoms with Crippen LogP contribution >= 0.6 is 11.3 Å². The van der Waals surface area contributed by atoms with Crippen molar-refractivity contribution in [3.8, 4) is 5.75 Å². The zero-order valence-corrected chi connectivity index (χ0v) is 22.6. The highest BCUT2D eigenvalue weighted by atomic mass is 32.2. The molecule has 194 valence electrons. The molecule has 1 fully saturated rings. The lowest BCUT2D eigenvalue weighted by atomic mass is 10.2. The van der Waals surface area contributed by atoms with Gasteiger partial charge in [0, 0.05) is 25.8 Å². The molecule has 1 unspecified atom stereocenters. The van der Waals surface area contributed by atoms with Crippen LogP contribution in [0.3, 0.4) is 0 Å². The highest BCUT2D eigenvalue weighted by molar-refractivity contribution is 7.89. The van der Waals surface area contributed by atoms with Crippen molar-refractivity contribution in [1.82, 2.24) is 9.29 Å². The summed E-state index contributed by atoms with van der Waals surface area (Å²) in [5.41, 5.74) is 1.19. The number of carbonyl (C=O) groups excluding carboxylic acids is 1. The van der Waals surface area contributed by atoms with E-state index < -0.39 is 10.0 Å². The van der Waals surface area contributed by atoms with Crippen LogP contribution in [0.25, 0.3) is 10.2 Å². The lowest BCUT2D eigenvalue weighted by molar-refractivity contribution is 0.0917. The third kappa shape index (κ3) is 5.88. The molecule has 8 nitrogen and oxygen atoms in total. The maximum atomic E-state index is 13.7. The van der Waals surface area contributed by atoms with E-state index in [9.17, 15) is 13.2 Å². The van der Waals surface area contributed by atoms with Gasteiger partial charge in [0.15, 0.2) is 5.13 Å². The number of aromatic nitrogens is 1. The number of rotatable bonds is 11. The number of ether oxygens (including phenoxy) is 2. The summed E-state index contributed by atoms with van der Waals surface area (Å²) in [5, 5.41) is 0.579. The minimum absolute atomic E-state index is 0.0631. The van der Waals surface area contributed by atoms with Crippen LogP contribution in [0.15, 0.2) is 47.4 Å². The van der Waals surface area contributed by atoms with E-state index in [2.05, 4.69) is 0 Å². The van der Waals surface area contributed by atoms with Gasteiger partial charge in [-0.1, -0.05) is 24.7 Å². The Kier molecular flexibility index (Phi) is 8.61. The zero-order valence-electron chi connectivity index (χ0n) is 21.0. The Labute approximate surface area is 216 Å². The van der Waals surface area contributed by atoms with Crippen LogP contribution < -0.4 is 9.64 Å². The molecule has 0 bridgehead atoms. The van der Waals surface area contributed by atoms with Gasteiger partial charge >= 0.3 is 0 Å². The number of benzene rings is 2. The van der Waals surface area contributed by atoms with Crippen molar-refractivity contribution in [2.75, 3.05) is 38.3 Å². The first-order valence-corrected chi connectivity index (χ1v) is 14.6. The minimum atomic E-state index is -3.60. The molecule has 3 aromatic rings. The number of sulfonamides is 1. The normalized spacial score (nSPS) is 16.1. The predicted molar refractivity (Wildman–Crippen MR) is 143 cm³/mol. The average Bonchev–Trinajstić information content (AvgIpc) is 3.55. The summed E-state index contributed by atoms with van der Waals surface area (Å²) in [6.45, 7) is 6.05. The second-order valence-electron chi connectivity index (χ2n) is 8.81. The zero-order chi connectivity index (χ0) is 25.7. The quantitative estimate of drug-likeness (QED) is 0.348. The average molecular weight is 532 g/mol. The first-order valence-electron chi connectivity index (χ1n) is 12.4. The largest absolute Gasteiger partial charge is 0.494 e. The summed E-state index contributed by atoms with van der Waals surface area (Å²) in [6.07, 6.45) is 3.48. The number of hydrogen-bond acceptors (Lipinski definition) is 7. The molecule has 1 amide bonds. The molecule has 10 heteroatoms. The molecule has 1 aliphatic rings. The maximum absolute atomic E-state index is 13.7. The van der Waals surface area contributed by atoms with Gasteiger partial charge in [-0.3, -0.25) is 9.69 Å². The number of nitrogens with zero attached hydrogens (tertiary/aromatic N) is 3. The number of thiazole rings is 1. The van der Waals surface area contributed by atoms with Crippen LogP contribution in [-0.4, -0.2) is 63.1 Å². The monoisotopic (exact) mass is 531 g/mol. The van der Waals surface area contributed by atoms with Crippen LogP contribution in [0.4, 0.5) is 5.13 Å². The van der Waals surface area contributed by atoms with Crippen LogP contribution in [0.5, 0.6) is 5.75 Å². The van der Waals surface area contributed by atoms with Crippen molar-refractivity contribution < 1.29 is 22.7 Å². The molecule has 2 aromatic carbocycles. The third-order valence-corrected chi connectivity index (χ3v) is 9.09. The van der Waals surface area contributed by atoms with E-state index in [1.165, 1.54) is 27.8 Å². The predicted octanol–water partition coefficient (Wildman–Crippen LogP) is 4.94. The standard InChI is InChI=1S/C26H33N3O5S2/c1-4-6-15-28(3)36(31,32)22-12-9-19(10-13-22)25(30)29(18-21-8-7-16-34-21)26-27-23-14-11-20(33-5-2)17-24(23)35-26/h9-14,17,21H,4-8,15-16,18H2,1-3H3. The summed E-state index contributed by atoms with van der Waals surface area (Å²) in [5.74, 6) is 0.524. The Balaban J connectivity index is 1.61. The Morgan fingerprint density at radius 2 is 1.97 bits per heavy atom. The van der Waals surface area contributed by atoms with E-state index in [1.54, 1.807) is 24.1 Å². The Morgan fingerprint density at radius 1 is 1.19 bits per heavy atom. The maximum Gasteiger partial charge on any atom is 0.260 e. The second-order valence-corrected chi connectivity index (χ2v) is 11.9. The van der Waals surface area contributed by atoms with Gasteiger partial charge in [-0.15, -0.1) is 0 Å². The van der Waals surface area contributed by atoms with Crippen LogP contribution in [0.1, 0.15) is 49.9 Å². The smallest absolute Gasteiger partial charge is 0.260 e. The van der Waals surface area contributed by atoms with Gasteiger partial charge in [-0.05, 0) is 68.7 Å². The molecular formula is C26H33N3O5S2. The first-order chi connectivity index (χ1) is 17.3. The molecule has 0 spiro atoms. The third-order valence-electron chi connectivity index (χ3n) is 6.18. The lowest BCUT2D eigenvalue weighted by Crippen LogP contribution is -2.37. The molecule has 1 atom stereocenters. The fraction of sp³-hybridized carbons (Fsp3) is 0.462. The molecule has 2 heterocycles. The molecule has 0 aliphatic carbocycles. The summed E-state index contributed by atoms with van der Waals surface area (Å²) < 4.78 is 39.5. The lowest BCUT2D eigenvalue weighted by Gasteiger charge is -2.23. The van der Waals surface area contributed by atoms with Crippen LogP contribution in [0.2, 0.25) is 0 Å². The number of unbranched alkanes of at least 4 members (excludes halogenated alkanes) is 1. The van der Waals surface area contributed by atoms with Crippen molar-refractivity contribution in [1.29, 1.82) is 0 Å². The molecule has 0 N–H and O–H groups in total. The summed E-state index contributed by atoms with van der Waals surface area (Å²) in [4.78, 5) is 20.2. The van der Waals surface area contributed by atoms with E-state index in [0.717, 1.165) is 41.6 Å². The van der Waals surface area contributed by atoms with Crippen molar-refractivity contribution in [3.63, 3.8) is 0 Å². The van der Waals surface area contributed by atoms with Crippen LogP contribution in [-0.2, 0) is 14.8 Å². The SMILES string of the molecule is CCCCN(C)S(=O)(=O)c1ccc(C(=O)N(CC2CCCO2)c2nc3ccc(OCC)cc3s2)cc1. The Morgan fingerprint density at radius 3 is 2.64 bits per heavy atom. The number of amides is 1. The summed E-state index contributed by atoms with van der Waals surface area (Å²) >= 11 is 1.43. The van der Waals surface area contributed by atoms with E-state index in [0.29, 0.717) is 37.0 Å². The second kappa shape index (κ2) is 11.7. The Bertz CT molecular complexity index is 1280. The molecule has 4 rings (SSSR count). The van der Waals surface area contributed by atoms with Crippen LogP contribution in [0, 0.1) is 0 Å². The van der Waals surface area contributed by atoms with Gasteiger partial charge in [0.25, 0.3) is 5.91 Å². The molecule has 0 saturated carbocycles. The molecule has 36 heavy (non-hydrogen) atoms. The highest BCUT2D eigenvalue weighted by Gasteiger charge is 2.28. The summed E-state index contributed by atoms with van der Waals surface area (Å²) in [7, 11) is -2.02. The Hall–Kier alpha value is -2.53. The van der Waals surface area contributed by atoms with Gasteiger partial charge in [-0.2, -0.15) is 0 Å². The van der Waals surface area contributed by atoms with E-state index in [4.69, 9.17) is 14.5 Å². The van der Waals surface area contributed by atoms with E-state index >= 15 is 0 Å². The van der Waals surface area contributed by atoms with Gasteiger partial charge in [0.2, 0.25) is 10.0 Å². The molecule has 1 aromatic heterocycles. The van der Waals surface area contributed by atoms with E-state index in [-0.39, 0.29) is 16.9 Å². The van der Waals surface area contributed by atoms with Gasteiger partial charge in [0.05, 0.1) is 34.4 Å². The molecule has 1 saturated heterocycles. The topological polar surface area (TPSA) is 89.0 Å². The van der Waals surface area contributed by atoms with E-state index in [1.807, 2.05) is 32.0 Å². The number of fused-ring (bicyclic) bond motifs is 1. The highest BCUT2D eigenvalue weighted by Crippen LogP contribution is 2.33. The van der Waals surface area contributed by atoms with Gasteiger partial charge in [0.1, 0.15) is 5.75 Å². The fourth-order valence-electron chi connectivity index (χ4n) is 4.11. The number of hydrogen-bond donors (Lipinski definition) is 0. The molecule has 0 radical (unpaired) electrons. The fourth-order valence-corrected chi connectivity index (χ4v) is 6.32. The first kappa shape index (κ1) is 26.5. The van der Waals surface area contributed by atoms with Gasteiger partial charge < -0.3 is 9.47 Å². The summed E-state index contributed by atoms with van der Waals surface area (Å²) in [6, 6.07) is 11.9.